The fourth-order valence-electron chi connectivity index (χ4n) is 0.594. The molecule has 0 spiro atoms. The Hall–Kier alpha value is -0.650. The quantitative estimate of drug-likeness (QED) is 0.413. The summed E-state index contributed by atoms with van der Waals surface area (Å²) in [7, 11) is 1.68. The van der Waals surface area contributed by atoms with E-state index in [1.165, 1.54) is 0 Å². The highest BCUT2D eigenvalue weighted by Crippen LogP contribution is 1.89. The van der Waals surface area contributed by atoms with Gasteiger partial charge in [0.2, 0.25) is 0 Å². The Labute approximate surface area is 65.0 Å². The van der Waals surface area contributed by atoms with E-state index in [1.807, 2.05) is 0 Å². The van der Waals surface area contributed by atoms with E-state index in [0.29, 0.717) is 6.54 Å². The van der Waals surface area contributed by atoms with E-state index in [0.717, 1.165) is 0 Å². The second-order valence-electron chi connectivity index (χ2n) is 2.01. The van der Waals surface area contributed by atoms with Crippen molar-refractivity contribution in [3.05, 3.63) is 0 Å². The number of carbonyl (C=O) groups excluding carboxylic acids is 1. The zero-order valence-electron chi connectivity index (χ0n) is 6.41. The maximum atomic E-state index is 10.4. The predicted octanol–water partition coefficient (Wildman–Crippen LogP) is -1.90. The third-order valence-corrected chi connectivity index (χ3v) is 1.06. The Morgan fingerprint density at radius 1 is 1.64 bits per heavy atom. The molecule has 0 radical (unpaired) electrons. The number of ether oxygens (including phenoxy) is 1. The first-order valence-corrected chi connectivity index (χ1v) is 3.30. The summed E-state index contributed by atoms with van der Waals surface area (Å²) in [5.74, 6) is -0.723. The third-order valence-electron chi connectivity index (χ3n) is 1.06. The van der Waals surface area contributed by atoms with Crippen LogP contribution in [-0.2, 0) is 9.53 Å². The van der Waals surface area contributed by atoms with Crippen molar-refractivity contribution in [3.63, 3.8) is 0 Å². The standard InChI is InChI=1S/C6H13NO4/c1-7-2-5(3-8)11-6(10)4-9/h5,7-9H,2-4H2,1H3. The number of nitrogens with one attached hydrogen (secondary N) is 1. The molecule has 0 aromatic carbocycles. The van der Waals surface area contributed by atoms with Crippen molar-refractivity contribution >= 4 is 5.97 Å². The summed E-state index contributed by atoms with van der Waals surface area (Å²) < 4.78 is 4.59. The summed E-state index contributed by atoms with van der Waals surface area (Å²) in [6.07, 6.45) is -0.570. The lowest BCUT2D eigenvalue weighted by molar-refractivity contribution is -0.154. The van der Waals surface area contributed by atoms with Crippen LogP contribution in [0, 0.1) is 0 Å². The van der Waals surface area contributed by atoms with Crippen LogP contribution in [0.15, 0.2) is 0 Å². The first-order valence-electron chi connectivity index (χ1n) is 3.30. The summed E-state index contributed by atoms with van der Waals surface area (Å²) >= 11 is 0. The molecule has 66 valence electrons. The molecule has 0 amide bonds. The van der Waals surface area contributed by atoms with Crippen LogP contribution in [0.25, 0.3) is 0 Å². The molecular formula is C6H13NO4. The Morgan fingerprint density at radius 2 is 2.27 bits per heavy atom. The molecule has 3 N–H and O–H groups in total. The van der Waals surface area contributed by atoms with Crippen molar-refractivity contribution in [2.24, 2.45) is 0 Å². The van der Waals surface area contributed by atoms with E-state index in [9.17, 15) is 4.79 Å². The van der Waals surface area contributed by atoms with Crippen LogP contribution in [0.2, 0.25) is 0 Å². The SMILES string of the molecule is CNCC(CO)OC(=O)CO. The van der Waals surface area contributed by atoms with Crippen molar-refractivity contribution in [1.29, 1.82) is 0 Å². The summed E-state index contributed by atoms with van der Waals surface area (Å²) in [5, 5.41) is 19.6. The van der Waals surface area contributed by atoms with Crippen LogP contribution in [0.3, 0.4) is 0 Å². The number of likely N-dealkylation sites (N-methyl/N-ethyl adjacent to an activating group) is 1. The van der Waals surface area contributed by atoms with Gasteiger partial charge in [0.05, 0.1) is 6.61 Å². The van der Waals surface area contributed by atoms with Gasteiger partial charge in [-0.1, -0.05) is 0 Å². The maximum absolute atomic E-state index is 10.4. The number of carbonyl (C=O) groups is 1. The predicted molar refractivity (Wildman–Crippen MR) is 38.0 cm³/mol. The molecule has 11 heavy (non-hydrogen) atoms. The Bertz CT molecular complexity index is 117. The fourth-order valence-corrected chi connectivity index (χ4v) is 0.594. The number of esters is 1. The van der Waals surface area contributed by atoms with Gasteiger partial charge in [0, 0.05) is 6.54 Å². The van der Waals surface area contributed by atoms with Gasteiger partial charge in [-0.25, -0.2) is 4.79 Å². The van der Waals surface area contributed by atoms with E-state index in [-0.39, 0.29) is 6.61 Å². The normalized spacial score (nSPS) is 12.6. The van der Waals surface area contributed by atoms with Crippen LogP contribution >= 0.6 is 0 Å². The van der Waals surface area contributed by atoms with Crippen molar-refractivity contribution in [1.82, 2.24) is 5.32 Å². The van der Waals surface area contributed by atoms with Gasteiger partial charge in [0.25, 0.3) is 0 Å². The molecule has 0 saturated heterocycles. The van der Waals surface area contributed by atoms with Gasteiger partial charge in [-0.05, 0) is 7.05 Å². The average Bonchev–Trinajstić information content (AvgIpc) is 2.03. The van der Waals surface area contributed by atoms with Crippen LogP contribution < -0.4 is 5.32 Å². The van der Waals surface area contributed by atoms with Gasteiger partial charge in [-0.2, -0.15) is 0 Å². The number of aliphatic hydroxyl groups is 2. The Balaban J connectivity index is 3.58. The van der Waals surface area contributed by atoms with Gasteiger partial charge in [0.1, 0.15) is 12.7 Å². The monoisotopic (exact) mass is 163 g/mol. The summed E-state index contributed by atoms with van der Waals surface area (Å²) in [6, 6.07) is 0. The molecule has 0 aliphatic rings. The highest BCUT2D eigenvalue weighted by molar-refractivity contribution is 5.70. The Kier molecular flexibility index (Phi) is 5.73. The molecule has 0 rings (SSSR count). The molecular weight excluding hydrogens is 150 g/mol. The lowest BCUT2D eigenvalue weighted by atomic mass is 10.4. The van der Waals surface area contributed by atoms with Crippen LogP contribution in [-0.4, -0.2) is 49.1 Å². The van der Waals surface area contributed by atoms with Gasteiger partial charge in [-0.3, -0.25) is 0 Å². The van der Waals surface area contributed by atoms with E-state index in [2.05, 4.69) is 10.1 Å². The minimum Gasteiger partial charge on any atom is -0.457 e. The fraction of sp³-hybridized carbons (Fsp3) is 0.833. The molecule has 1 atom stereocenters. The molecule has 5 heteroatoms. The van der Waals surface area contributed by atoms with Crippen LogP contribution in [0.1, 0.15) is 0 Å². The molecule has 0 aromatic rings. The molecule has 0 bridgehead atoms. The second-order valence-corrected chi connectivity index (χ2v) is 2.01. The average molecular weight is 163 g/mol. The van der Waals surface area contributed by atoms with Crippen LogP contribution in [0.4, 0.5) is 0 Å². The first-order chi connectivity index (χ1) is 5.24. The first kappa shape index (κ1) is 10.3. The van der Waals surface area contributed by atoms with Crippen molar-refractivity contribution < 1.29 is 19.7 Å². The van der Waals surface area contributed by atoms with E-state index < -0.39 is 18.7 Å². The van der Waals surface area contributed by atoms with Gasteiger partial charge in [-0.15, -0.1) is 0 Å². The molecule has 0 aliphatic heterocycles. The number of aliphatic hydroxyl groups excluding tert-OH is 2. The zero-order valence-corrected chi connectivity index (χ0v) is 6.41. The maximum Gasteiger partial charge on any atom is 0.332 e. The van der Waals surface area contributed by atoms with E-state index in [1.54, 1.807) is 7.05 Å². The van der Waals surface area contributed by atoms with Crippen LogP contribution in [0.5, 0.6) is 0 Å². The molecule has 0 aromatic heterocycles. The summed E-state index contributed by atoms with van der Waals surface area (Å²) in [6.45, 7) is -0.519. The van der Waals surface area contributed by atoms with Gasteiger partial charge >= 0.3 is 5.97 Å². The van der Waals surface area contributed by atoms with Crippen molar-refractivity contribution in [2.75, 3.05) is 26.8 Å². The van der Waals surface area contributed by atoms with E-state index >= 15 is 0 Å². The lowest BCUT2D eigenvalue weighted by Crippen LogP contribution is -2.32. The number of rotatable bonds is 5. The molecule has 0 aliphatic carbocycles. The topological polar surface area (TPSA) is 78.8 Å². The zero-order chi connectivity index (χ0) is 8.69. The molecule has 0 heterocycles. The molecule has 0 saturated carbocycles. The second kappa shape index (κ2) is 6.09. The molecule has 5 nitrogen and oxygen atoms in total. The summed E-state index contributed by atoms with van der Waals surface area (Å²) in [4.78, 5) is 10.4. The highest BCUT2D eigenvalue weighted by atomic mass is 16.6. The minimum absolute atomic E-state index is 0.243. The van der Waals surface area contributed by atoms with E-state index in [4.69, 9.17) is 10.2 Å². The largest absolute Gasteiger partial charge is 0.457 e. The van der Waals surface area contributed by atoms with Crippen molar-refractivity contribution in [3.8, 4) is 0 Å². The lowest BCUT2D eigenvalue weighted by Gasteiger charge is -2.13. The third kappa shape index (κ3) is 4.72. The molecule has 0 fully saturated rings. The number of hydrogen-bond donors (Lipinski definition) is 3. The smallest absolute Gasteiger partial charge is 0.332 e. The van der Waals surface area contributed by atoms with Gasteiger partial charge in [0.15, 0.2) is 0 Å². The highest BCUT2D eigenvalue weighted by Gasteiger charge is 2.10. The Morgan fingerprint density at radius 3 is 2.64 bits per heavy atom. The number of hydrogen-bond acceptors (Lipinski definition) is 5. The minimum atomic E-state index is -0.723. The van der Waals surface area contributed by atoms with Gasteiger partial charge < -0.3 is 20.3 Å². The van der Waals surface area contributed by atoms with Crippen molar-refractivity contribution in [2.45, 2.75) is 6.10 Å². The molecule has 1 unspecified atom stereocenters. The summed E-state index contributed by atoms with van der Waals surface area (Å²) in [5.41, 5.74) is 0.